The second-order valence-electron chi connectivity index (χ2n) is 5.77. The molecular weight excluding hydrogens is 463 g/mol. The van der Waals surface area contributed by atoms with Gasteiger partial charge in [0.05, 0.1) is 22.2 Å². The molecule has 0 N–H and O–H groups in total. The Labute approximate surface area is 171 Å². The quantitative estimate of drug-likeness (QED) is 0.423. The van der Waals surface area contributed by atoms with E-state index in [0.29, 0.717) is 23.5 Å². The molecule has 1 aromatic heterocycles. The molecule has 0 amide bonds. The van der Waals surface area contributed by atoms with Gasteiger partial charge in [-0.25, -0.2) is 18.4 Å². The van der Waals surface area contributed by atoms with Crippen LogP contribution in [0, 0.1) is 6.92 Å². The number of carbonyl (C=O) groups is 1. The van der Waals surface area contributed by atoms with Crippen molar-refractivity contribution in [1.82, 2.24) is 9.97 Å². The van der Waals surface area contributed by atoms with Gasteiger partial charge in [-0.05, 0) is 37.1 Å². The summed E-state index contributed by atoms with van der Waals surface area (Å²) < 4.78 is 24.2. The Morgan fingerprint density at radius 1 is 1.31 bits per heavy atom. The summed E-state index contributed by atoms with van der Waals surface area (Å²) in [6.45, 7) is 3.50. The van der Waals surface area contributed by atoms with E-state index in [1.165, 1.54) is 12.1 Å². The number of rotatable bonds is 7. The number of nitrogens with zero attached hydrogens (tertiary/aromatic N) is 2. The Kier molecular flexibility index (Phi) is 7.19. The third-order valence-electron chi connectivity index (χ3n) is 3.56. The molecule has 0 fully saturated rings. The Hall–Kier alpha value is -1.02. The molecule has 2 rings (SSSR count). The van der Waals surface area contributed by atoms with E-state index >= 15 is 0 Å². The van der Waals surface area contributed by atoms with Crippen LogP contribution in [0.25, 0.3) is 0 Å². The smallest absolute Gasteiger partial charge is 0.184 e. The molecule has 0 spiro atoms. The van der Waals surface area contributed by atoms with Crippen LogP contribution in [0.1, 0.15) is 45.6 Å². The van der Waals surface area contributed by atoms with Gasteiger partial charge in [-0.1, -0.05) is 46.1 Å². The van der Waals surface area contributed by atoms with Crippen molar-refractivity contribution in [1.29, 1.82) is 0 Å². The normalized spacial score (nSPS) is 12.8. The fourth-order valence-electron chi connectivity index (χ4n) is 2.44. The van der Waals surface area contributed by atoms with Gasteiger partial charge in [0, 0.05) is 16.8 Å². The average Bonchev–Trinajstić information content (AvgIpc) is 2.56. The van der Waals surface area contributed by atoms with Crippen molar-refractivity contribution in [2.24, 2.45) is 0 Å². The fraction of sp³-hybridized carbons (Fsp3) is 0.353. The second-order valence-corrected chi connectivity index (χ2v) is 9.69. The highest BCUT2D eigenvalue weighted by atomic mass is 79.9. The summed E-state index contributed by atoms with van der Waals surface area (Å²) in [5, 5.41) is 0.340. The lowest BCUT2D eigenvalue weighted by atomic mass is 10.0. The first-order chi connectivity index (χ1) is 12.1. The van der Waals surface area contributed by atoms with Gasteiger partial charge in [-0.3, -0.25) is 4.79 Å². The first-order valence-corrected chi connectivity index (χ1v) is 11.3. The molecule has 1 unspecified atom stereocenters. The van der Waals surface area contributed by atoms with Gasteiger partial charge in [0.25, 0.3) is 0 Å². The van der Waals surface area contributed by atoms with Gasteiger partial charge in [-0.2, -0.15) is 0 Å². The second kappa shape index (κ2) is 8.78. The molecule has 5 nitrogen and oxygen atoms in total. The molecule has 1 aromatic carbocycles. The fourth-order valence-corrected chi connectivity index (χ4v) is 5.00. The third kappa shape index (κ3) is 5.25. The molecule has 0 saturated carbocycles. The van der Waals surface area contributed by atoms with E-state index in [4.69, 9.17) is 23.2 Å². The third-order valence-corrected chi connectivity index (χ3v) is 6.89. The minimum Gasteiger partial charge on any atom is -0.292 e. The molecule has 1 heterocycles. The van der Waals surface area contributed by atoms with E-state index in [9.17, 15) is 13.2 Å². The topological polar surface area (TPSA) is 77.0 Å². The number of sulfone groups is 1. The van der Waals surface area contributed by atoms with Crippen LogP contribution in [0.5, 0.6) is 0 Å². The van der Waals surface area contributed by atoms with Gasteiger partial charge in [0.1, 0.15) is 10.7 Å². The van der Waals surface area contributed by atoms with E-state index < -0.39 is 14.7 Å². The number of aromatic nitrogens is 2. The number of ketones is 1. The number of Topliss-reactive ketones (excluding diaryl/α,β-unsaturated/α-hetero) is 1. The predicted molar refractivity (Wildman–Crippen MR) is 107 cm³/mol. The number of aryl methyl sites for hydroxylation is 1. The molecule has 0 aliphatic heterocycles. The van der Waals surface area contributed by atoms with Crippen LogP contribution in [0.3, 0.4) is 0 Å². The van der Waals surface area contributed by atoms with Crippen molar-refractivity contribution >= 4 is 54.8 Å². The molecule has 26 heavy (non-hydrogen) atoms. The van der Waals surface area contributed by atoms with Gasteiger partial charge < -0.3 is 0 Å². The van der Waals surface area contributed by atoms with Gasteiger partial charge in [-0.15, -0.1) is 0 Å². The number of carbonyl (C=O) groups excluding carboxylic acids is 1. The summed E-state index contributed by atoms with van der Waals surface area (Å²) in [5.74, 6) is -0.0476. The largest absolute Gasteiger partial charge is 0.292 e. The van der Waals surface area contributed by atoms with Crippen molar-refractivity contribution in [2.75, 3.05) is 5.75 Å². The summed E-state index contributed by atoms with van der Waals surface area (Å²) in [6, 6.07) is 4.53. The molecule has 9 heteroatoms. The van der Waals surface area contributed by atoms with Gasteiger partial charge >= 0.3 is 0 Å². The Bertz CT molecular complexity index is 936. The van der Waals surface area contributed by atoms with Crippen LogP contribution >= 0.6 is 39.1 Å². The van der Waals surface area contributed by atoms with Crippen molar-refractivity contribution in [3.05, 3.63) is 57.1 Å². The number of halogens is 3. The van der Waals surface area contributed by atoms with Crippen molar-refractivity contribution in [3.8, 4) is 0 Å². The molecular formula is C17H17BrCl2N2O3S. The maximum absolute atomic E-state index is 12.9. The standard InChI is InChI=1S/C17H17BrCl2N2O3S/c1-3-6-26(24,25)9-11-7-12(19)8-13(16(11)20)17(23)15(18)14-4-5-21-10(2)22-14/h4-5,7-8,15H,3,6,9H2,1-2H3. The zero-order chi connectivity index (χ0) is 19.5. The maximum Gasteiger partial charge on any atom is 0.184 e. The zero-order valence-corrected chi connectivity index (χ0v) is 18.1. The summed E-state index contributed by atoms with van der Waals surface area (Å²) in [7, 11) is -3.33. The average molecular weight is 480 g/mol. The molecule has 1 atom stereocenters. The summed E-state index contributed by atoms with van der Waals surface area (Å²) in [5.41, 5.74) is 0.951. The Morgan fingerprint density at radius 3 is 2.62 bits per heavy atom. The minimum atomic E-state index is -3.33. The van der Waals surface area contributed by atoms with E-state index in [2.05, 4.69) is 25.9 Å². The lowest BCUT2D eigenvalue weighted by Gasteiger charge is -2.14. The van der Waals surface area contributed by atoms with Crippen molar-refractivity contribution in [3.63, 3.8) is 0 Å². The summed E-state index contributed by atoms with van der Waals surface area (Å²) >= 11 is 15.8. The van der Waals surface area contributed by atoms with Crippen LogP contribution in [0.15, 0.2) is 24.4 Å². The minimum absolute atomic E-state index is 0.0421. The van der Waals surface area contributed by atoms with Crippen LogP contribution in [0.4, 0.5) is 0 Å². The maximum atomic E-state index is 12.9. The van der Waals surface area contributed by atoms with Crippen molar-refractivity contribution < 1.29 is 13.2 Å². The van der Waals surface area contributed by atoms with Crippen LogP contribution < -0.4 is 0 Å². The molecule has 0 bridgehead atoms. The number of hydrogen-bond donors (Lipinski definition) is 0. The summed E-state index contributed by atoms with van der Waals surface area (Å²) in [6.07, 6.45) is 2.06. The first-order valence-electron chi connectivity index (χ1n) is 7.80. The predicted octanol–water partition coefficient (Wildman–Crippen LogP) is 4.74. The van der Waals surface area contributed by atoms with Gasteiger partial charge in [0.2, 0.25) is 0 Å². The zero-order valence-electron chi connectivity index (χ0n) is 14.2. The number of benzene rings is 1. The molecule has 0 aliphatic carbocycles. The van der Waals surface area contributed by atoms with Crippen LogP contribution in [0.2, 0.25) is 10.0 Å². The first kappa shape index (κ1) is 21.3. The molecule has 0 radical (unpaired) electrons. The molecule has 0 aliphatic rings. The molecule has 2 aromatic rings. The number of alkyl halides is 1. The Morgan fingerprint density at radius 2 is 2.00 bits per heavy atom. The SMILES string of the molecule is CCCS(=O)(=O)Cc1cc(Cl)cc(C(=O)C(Br)c2ccnc(C)n2)c1Cl. The van der Waals surface area contributed by atoms with Crippen LogP contribution in [-0.2, 0) is 15.6 Å². The van der Waals surface area contributed by atoms with E-state index in [1.807, 2.05) is 0 Å². The lowest BCUT2D eigenvalue weighted by molar-refractivity contribution is 0.0990. The highest BCUT2D eigenvalue weighted by Gasteiger charge is 2.25. The molecule has 0 saturated heterocycles. The highest BCUT2D eigenvalue weighted by molar-refractivity contribution is 9.09. The Balaban J connectivity index is 2.42. The van der Waals surface area contributed by atoms with Gasteiger partial charge in [0.15, 0.2) is 15.6 Å². The van der Waals surface area contributed by atoms with E-state index in [-0.39, 0.29) is 32.9 Å². The number of hydrogen-bond acceptors (Lipinski definition) is 5. The van der Waals surface area contributed by atoms with E-state index in [0.717, 1.165) is 0 Å². The van der Waals surface area contributed by atoms with Crippen LogP contribution in [-0.4, -0.2) is 29.9 Å². The monoisotopic (exact) mass is 478 g/mol. The van der Waals surface area contributed by atoms with E-state index in [1.54, 1.807) is 26.1 Å². The highest BCUT2D eigenvalue weighted by Crippen LogP contribution is 2.33. The molecule has 140 valence electrons. The lowest BCUT2D eigenvalue weighted by Crippen LogP contribution is -2.13. The van der Waals surface area contributed by atoms with Crippen molar-refractivity contribution in [2.45, 2.75) is 30.8 Å². The summed E-state index contributed by atoms with van der Waals surface area (Å²) in [4.78, 5) is 20.4.